The smallest absolute Gasteiger partial charge is 0.262 e. The second kappa shape index (κ2) is 12.0. The van der Waals surface area contributed by atoms with Gasteiger partial charge in [0.2, 0.25) is 0 Å². The molecule has 0 spiro atoms. The zero-order valence-corrected chi connectivity index (χ0v) is 19.8. The van der Waals surface area contributed by atoms with Crippen LogP contribution in [-0.2, 0) is 4.79 Å². The second-order valence-electron chi connectivity index (χ2n) is 8.05. The van der Waals surface area contributed by atoms with E-state index in [1.165, 1.54) is 7.11 Å². The lowest BCUT2D eigenvalue weighted by atomic mass is 10.0. The summed E-state index contributed by atoms with van der Waals surface area (Å²) in [6, 6.07) is 12.2. The van der Waals surface area contributed by atoms with Gasteiger partial charge in [0.1, 0.15) is 5.75 Å². The summed E-state index contributed by atoms with van der Waals surface area (Å²) in [6.45, 7) is 8.61. The molecular weight excluding hydrogens is 408 g/mol. The monoisotopic (exact) mass is 442 g/mol. The van der Waals surface area contributed by atoms with Crippen LogP contribution in [-0.4, -0.2) is 50.1 Å². The fourth-order valence-electron chi connectivity index (χ4n) is 3.31. The molecule has 0 aliphatic heterocycles. The summed E-state index contributed by atoms with van der Waals surface area (Å²) in [4.78, 5) is 26.8. The van der Waals surface area contributed by atoms with E-state index in [0.29, 0.717) is 35.3 Å². The molecule has 174 valence electrons. The van der Waals surface area contributed by atoms with E-state index in [1.54, 1.807) is 54.4 Å². The van der Waals surface area contributed by atoms with Gasteiger partial charge in [-0.3, -0.25) is 9.59 Å². The van der Waals surface area contributed by atoms with Crippen LogP contribution in [0.3, 0.4) is 0 Å². The molecule has 2 aromatic carbocycles. The first-order chi connectivity index (χ1) is 15.2. The van der Waals surface area contributed by atoms with E-state index in [0.717, 1.165) is 12.2 Å². The predicted molar refractivity (Wildman–Crippen MR) is 126 cm³/mol. The first-order valence-corrected chi connectivity index (χ1v) is 10.9. The molecular formula is C25H34N2O5. The molecule has 7 heteroatoms. The van der Waals surface area contributed by atoms with Crippen LogP contribution < -0.4 is 19.5 Å². The Morgan fingerprint density at radius 1 is 1.00 bits per heavy atom. The number of hydrogen-bond donors (Lipinski definition) is 1. The lowest BCUT2D eigenvalue weighted by molar-refractivity contribution is -0.118. The second-order valence-corrected chi connectivity index (χ2v) is 8.05. The van der Waals surface area contributed by atoms with Crippen molar-refractivity contribution in [1.29, 1.82) is 0 Å². The third kappa shape index (κ3) is 7.18. The molecule has 0 aliphatic rings. The normalized spacial score (nSPS) is 11.6. The Labute approximate surface area is 190 Å². The highest BCUT2D eigenvalue weighted by atomic mass is 16.5. The molecule has 0 heterocycles. The Morgan fingerprint density at radius 3 is 2.28 bits per heavy atom. The molecule has 0 radical (unpaired) electrons. The maximum atomic E-state index is 12.8. The van der Waals surface area contributed by atoms with Gasteiger partial charge < -0.3 is 24.4 Å². The van der Waals surface area contributed by atoms with Gasteiger partial charge in [-0.1, -0.05) is 13.8 Å². The van der Waals surface area contributed by atoms with Gasteiger partial charge in [-0.15, -0.1) is 0 Å². The lowest BCUT2D eigenvalue weighted by Gasteiger charge is -2.26. The average molecular weight is 443 g/mol. The maximum absolute atomic E-state index is 12.8. The van der Waals surface area contributed by atoms with Crippen molar-refractivity contribution in [2.75, 3.05) is 32.7 Å². The zero-order chi connectivity index (χ0) is 23.7. The maximum Gasteiger partial charge on any atom is 0.262 e. The lowest BCUT2D eigenvalue weighted by Crippen LogP contribution is -2.35. The van der Waals surface area contributed by atoms with Gasteiger partial charge >= 0.3 is 0 Å². The Hall–Kier alpha value is -3.22. The molecule has 0 fully saturated rings. The number of amides is 2. The third-order valence-electron chi connectivity index (χ3n) is 5.01. The predicted octanol–water partition coefficient (Wildman–Crippen LogP) is 4.62. The van der Waals surface area contributed by atoms with E-state index >= 15 is 0 Å². The fourth-order valence-corrected chi connectivity index (χ4v) is 3.31. The Balaban J connectivity index is 1.98. The molecule has 1 N–H and O–H groups in total. The van der Waals surface area contributed by atoms with E-state index in [-0.39, 0.29) is 24.5 Å². The largest absolute Gasteiger partial charge is 0.494 e. The first-order valence-electron chi connectivity index (χ1n) is 10.9. The SMILES string of the molecule is CCOc1ccc(NC(=O)COc2ccc(C(=O)N(C)C(C)CC(C)C)cc2OC)cc1. The minimum absolute atomic E-state index is 0.0868. The van der Waals surface area contributed by atoms with Crippen molar-refractivity contribution in [2.24, 2.45) is 5.92 Å². The third-order valence-corrected chi connectivity index (χ3v) is 5.01. The molecule has 0 saturated heterocycles. The number of rotatable bonds is 11. The highest BCUT2D eigenvalue weighted by molar-refractivity contribution is 5.95. The molecule has 2 aromatic rings. The van der Waals surface area contributed by atoms with Crippen molar-refractivity contribution in [2.45, 2.75) is 40.2 Å². The Morgan fingerprint density at radius 2 is 1.69 bits per heavy atom. The molecule has 2 amide bonds. The summed E-state index contributed by atoms with van der Waals surface area (Å²) in [6.07, 6.45) is 0.921. The summed E-state index contributed by atoms with van der Waals surface area (Å²) < 4.78 is 16.4. The zero-order valence-electron chi connectivity index (χ0n) is 19.8. The summed E-state index contributed by atoms with van der Waals surface area (Å²) in [5.74, 6) is 1.64. The van der Waals surface area contributed by atoms with Crippen LogP contribution >= 0.6 is 0 Å². The highest BCUT2D eigenvalue weighted by Gasteiger charge is 2.20. The highest BCUT2D eigenvalue weighted by Crippen LogP contribution is 2.29. The number of carbonyl (C=O) groups excluding carboxylic acids is 2. The van der Waals surface area contributed by atoms with Crippen LogP contribution in [0.1, 0.15) is 44.5 Å². The fraction of sp³-hybridized carbons (Fsp3) is 0.440. The molecule has 32 heavy (non-hydrogen) atoms. The summed E-state index contributed by atoms with van der Waals surface area (Å²) in [5.41, 5.74) is 1.15. The number of ether oxygens (including phenoxy) is 3. The van der Waals surface area contributed by atoms with Crippen LogP contribution in [0.25, 0.3) is 0 Å². The van der Waals surface area contributed by atoms with Crippen molar-refractivity contribution in [3.63, 3.8) is 0 Å². The summed E-state index contributed by atoms with van der Waals surface area (Å²) >= 11 is 0. The number of anilines is 1. The van der Waals surface area contributed by atoms with Gasteiger partial charge in [0.25, 0.3) is 11.8 Å². The quantitative estimate of drug-likeness (QED) is 0.550. The van der Waals surface area contributed by atoms with Crippen molar-refractivity contribution < 1.29 is 23.8 Å². The molecule has 7 nitrogen and oxygen atoms in total. The molecule has 0 saturated carbocycles. The van der Waals surface area contributed by atoms with Crippen molar-refractivity contribution in [3.8, 4) is 17.2 Å². The van der Waals surface area contributed by atoms with Crippen molar-refractivity contribution >= 4 is 17.5 Å². The molecule has 1 unspecified atom stereocenters. The van der Waals surface area contributed by atoms with Gasteiger partial charge in [0.05, 0.1) is 13.7 Å². The van der Waals surface area contributed by atoms with Gasteiger partial charge in [-0.25, -0.2) is 0 Å². The van der Waals surface area contributed by atoms with Crippen LogP contribution in [0.4, 0.5) is 5.69 Å². The summed E-state index contributed by atoms with van der Waals surface area (Å²) in [7, 11) is 3.30. The number of carbonyl (C=O) groups is 2. The van der Waals surface area contributed by atoms with E-state index in [2.05, 4.69) is 19.2 Å². The van der Waals surface area contributed by atoms with E-state index < -0.39 is 0 Å². The van der Waals surface area contributed by atoms with E-state index in [4.69, 9.17) is 14.2 Å². The topological polar surface area (TPSA) is 77.1 Å². The number of nitrogens with one attached hydrogen (secondary N) is 1. The van der Waals surface area contributed by atoms with Gasteiger partial charge in [-0.2, -0.15) is 0 Å². The Kier molecular flexibility index (Phi) is 9.38. The first kappa shape index (κ1) is 25.0. The number of methoxy groups -OCH3 is 1. The van der Waals surface area contributed by atoms with Crippen LogP contribution in [0.5, 0.6) is 17.2 Å². The molecule has 1 atom stereocenters. The van der Waals surface area contributed by atoms with Crippen molar-refractivity contribution in [3.05, 3.63) is 48.0 Å². The van der Waals surface area contributed by atoms with E-state index in [9.17, 15) is 9.59 Å². The van der Waals surface area contributed by atoms with Crippen molar-refractivity contribution in [1.82, 2.24) is 4.90 Å². The molecule has 0 aliphatic carbocycles. The minimum atomic E-state index is -0.307. The number of benzene rings is 2. The molecule has 0 aromatic heterocycles. The number of nitrogens with zero attached hydrogens (tertiary/aromatic N) is 1. The number of hydrogen-bond acceptors (Lipinski definition) is 5. The van der Waals surface area contributed by atoms with Crippen LogP contribution in [0.15, 0.2) is 42.5 Å². The average Bonchev–Trinajstić information content (AvgIpc) is 2.77. The minimum Gasteiger partial charge on any atom is -0.494 e. The standard InChI is InChI=1S/C25H34N2O5/c1-7-31-21-11-9-20(10-12-21)26-24(28)16-32-22-13-8-19(15-23(22)30-6)25(29)27(5)18(4)14-17(2)3/h8-13,15,17-18H,7,14,16H2,1-6H3,(H,26,28). The van der Waals surface area contributed by atoms with Gasteiger partial charge in [0.15, 0.2) is 18.1 Å². The van der Waals surface area contributed by atoms with Gasteiger partial charge in [0, 0.05) is 24.3 Å². The Bertz CT molecular complexity index is 896. The van der Waals surface area contributed by atoms with Gasteiger partial charge in [-0.05, 0) is 68.7 Å². The van der Waals surface area contributed by atoms with Crippen LogP contribution in [0, 0.1) is 5.92 Å². The van der Waals surface area contributed by atoms with Crippen LogP contribution in [0.2, 0.25) is 0 Å². The summed E-state index contributed by atoms with van der Waals surface area (Å²) in [5, 5.41) is 2.77. The molecule has 0 bridgehead atoms. The molecule has 2 rings (SSSR count). The van der Waals surface area contributed by atoms with E-state index in [1.807, 2.05) is 13.8 Å².